The summed E-state index contributed by atoms with van der Waals surface area (Å²) in [5.41, 5.74) is 2.78. The van der Waals surface area contributed by atoms with Crippen molar-refractivity contribution in [1.29, 1.82) is 5.26 Å². The van der Waals surface area contributed by atoms with Crippen molar-refractivity contribution in [3.63, 3.8) is 0 Å². The van der Waals surface area contributed by atoms with Gasteiger partial charge in [-0.05, 0) is 44.0 Å². The van der Waals surface area contributed by atoms with Crippen LogP contribution in [0.4, 0.5) is 10.5 Å². The second-order valence-corrected chi connectivity index (χ2v) is 6.96. The molecule has 2 heterocycles. The maximum atomic E-state index is 12.8. The Bertz CT molecular complexity index is 764. The molecule has 0 bridgehead atoms. The average Bonchev–Trinajstić information content (AvgIpc) is 2.74. The molecule has 2 saturated heterocycles. The van der Waals surface area contributed by atoms with Gasteiger partial charge in [0.15, 0.2) is 0 Å². The van der Waals surface area contributed by atoms with Gasteiger partial charge in [-0.1, -0.05) is 5.57 Å². The maximum Gasteiger partial charge on any atom is 0.330 e. The number of carbonyl (C=O) groups excluding carboxylic acids is 2. The van der Waals surface area contributed by atoms with Crippen LogP contribution in [0.3, 0.4) is 0 Å². The average molecular weight is 382 g/mol. The van der Waals surface area contributed by atoms with Gasteiger partial charge >= 0.3 is 12.0 Å². The molecular weight excluding hydrogens is 356 g/mol. The van der Waals surface area contributed by atoms with Crippen LogP contribution in [0.15, 0.2) is 35.9 Å². The van der Waals surface area contributed by atoms with Crippen molar-refractivity contribution in [1.82, 2.24) is 9.80 Å². The molecule has 0 aliphatic carbocycles. The summed E-state index contributed by atoms with van der Waals surface area (Å²) in [4.78, 5) is 30.4. The molecule has 1 aromatic carbocycles. The Kier molecular flexibility index (Phi) is 6.53. The Hall–Kier alpha value is -3.01. The number of ether oxygens (including phenoxy) is 1. The number of hydrogen-bond donors (Lipinski definition) is 0. The Morgan fingerprint density at radius 1 is 1.04 bits per heavy atom. The van der Waals surface area contributed by atoms with Crippen LogP contribution in [-0.2, 0) is 9.53 Å². The molecule has 148 valence electrons. The lowest BCUT2D eigenvalue weighted by Gasteiger charge is -2.39. The fraction of sp³-hybridized carbons (Fsp3) is 0.476. The molecule has 7 nitrogen and oxygen atoms in total. The summed E-state index contributed by atoms with van der Waals surface area (Å²) in [5, 5.41) is 8.90. The molecule has 2 fully saturated rings. The summed E-state index contributed by atoms with van der Waals surface area (Å²) < 4.78 is 4.95. The third-order valence-electron chi connectivity index (χ3n) is 5.20. The van der Waals surface area contributed by atoms with E-state index in [9.17, 15) is 9.59 Å². The molecule has 28 heavy (non-hydrogen) atoms. The molecule has 2 aliphatic heterocycles. The molecule has 0 aromatic heterocycles. The molecule has 0 N–H and O–H groups in total. The zero-order chi connectivity index (χ0) is 19.9. The normalized spacial score (nSPS) is 17.1. The van der Waals surface area contributed by atoms with Crippen molar-refractivity contribution in [3.8, 4) is 6.07 Å². The molecule has 3 rings (SSSR count). The maximum absolute atomic E-state index is 12.8. The first kappa shape index (κ1) is 19.7. The van der Waals surface area contributed by atoms with Crippen LogP contribution in [0, 0.1) is 11.3 Å². The molecule has 0 atom stereocenters. The van der Waals surface area contributed by atoms with Crippen LogP contribution in [0.25, 0.3) is 0 Å². The number of hydrogen-bond acceptors (Lipinski definition) is 5. The van der Waals surface area contributed by atoms with E-state index in [1.165, 1.54) is 0 Å². The van der Waals surface area contributed by atoms with Gasteiger partial charge < -0.3 is 19.4 Å². The number of nitrogens with zero attached hydrogens (tertiary/aromatic N) is 4. The molecular formula is C21H26N4O3. The van der Waals surface area contributed by atoms with Crippen LogP contribution < -0.4 is 4.90 Å². The van der Waals surface area contributed by atoms with Gasteiger partial charge in [-0.25, -0.2) is 9.59 Å². The van der Waals surface area contributed by atoms with Crippen molar-refractivity contribution < 1.29 is 14.3 Å². The predicted octanol–water partition coefficient (Wildman–Crippen LogP) is 2.39. The van der Waals surface area contributed by atoms with E-state index in [0.717, 1.165) is 37.2 Å². The summed E-state index contributed by atoms with van der Waals surface area (Å²) in [5.74, 6) is -0.295. The first-order chi connectivity index (χ1) is 13.6. The van der Waals surface area contributed by atoms with E-state index < -0.39 is 0 Å². The second kappa shape index (κ2) is 9.27. The van der Waals surface area contributed by atoms with Crippen molar-refractivity contribution >= 4 is 17.7 Å². The fourth-order valence-corrected chi connectivity index (χ4v) is 3.58. The first-order valence-electron chi connectivity index (χ1n) is 9.76. The molecule has 2 amide bonds. The zero-order valence-electron chi connectivity index (χ0n) is 16.3. The van der Waals surface area contributed by atoms with Gasteiger partial charge in [0.05, 0.1) is 18.2 Å². The van der Waals surface area contributed by atoms with Crippen molar-refractivity contribution in [2.45, 2.75) is 19.8 Å². The molecule has 0 unspecified atom stereocenters. The van der Waals surface area contributed by atoms with Crippen LogP contribution in [0.1, 0.15) is 25.3 Å². The highest BCUT2D eigenvalue weighted by Crippen LogP contribution is 2.20. The van der Waals surface area contributed by atoms with Crippen LogP contribution in [0.5, 0.6) is 0 Å². The van der Waals surface area contributed by atoms with E-state index in [1.54, 1.807) is 13.0 Å². The van der Waals surface area contributed by atoms with Crippen molar-refractivity contribution in [2.24, 2.45) is 0 Å². The van der Waals surface area contributed by atoms with E-state index in [2.05, 4.69) is 11.0 Å². The van der Waals surface area contributed by atoms with E-state index in [0.29, 0.717) is 38.3 Å². The Labute approximate surface area is 165 Å². The van der Waals surface area contributed by atoms with E-state index >= 15 is 0 Å². The minimum Gasteiger partial charge on any atom is -0.463 e. The molecule has 0 saturated carbocycles. The van der Waals surface area contributed by atoms with E-state index in [1.807, 2.05) is 34.1 Å². The number of urea groups is 1. The lowest BCUT2D eigenvalue weighted by molar-refractivity contribution is -0.137. The van der Waals surface area contributed by atoms with Gasteiger partial charge in [0.1, 0.15) is 0 Å². The van der Waals surface area contributed by atoms with E-state index in [-0.39, 0.29) is 12.0 Å². The minimum atomic E-state index is -0.295. The molecule has 7 heteroatoms. The number of carbonyl (C=O) groups is 2. The first-order valence-corrected chi connectivity index (χ1v) is 9.76. The summed E-state index contributed by atoms with van der Waals surface area (Å²) >= 11 is 0. The largest absolute Gasteiger partial charge is 0.463 e. The van der Waals surface area contributed by atoms with Crippen LogP contribution in [-0.4, -0.2) is 67.7 Å². The topological polar surface area (TPSA) is 76.9 Å². The molecule has 2 aliphatic rings. The summed E-state index contributed by atoms with van der Waals surface area (Å²) in [6.45, 7) is 6.36. The summed E-state index contributed by atoms with van der Waals surface area (Å²) in [7, 11) is 0. The van der Waals surface area contributed by atoms with Gasteiger partial charge in [0.25, 0.3) is 0 Å². The highest BCUT2D eigenvalue weighted by Gasteiger charge is 2.27. The third-order valence-corrected chi connectivity index (χ3v) is 5.20. The number of rotatable bonds is 3. The number of piperidine rings is 1. The third kappa shape index (κ3) is 4.83. The lowest BCUT2D eigenvalue weighted by atomic mass is 10.0. The second-order valence-electron chi connectivity index (χ2n) is 6.96. The molecule has 0 spiro atoms. The standard InChI is InChI=1S/C21H26N4O3/c1-2-28-20(26)15-17-7-9-24(10-8-17)21(27)25-13-11-23(12-14-25)19-5-3-18(16-22)4-6-19/h3-6,15H,2,7-14H2,1H3. The van der Waals surface area contributed by atoms with Gasteiger partial charge in [-0.15, -0.1) is 0 Å². The fourth-order valence-electron chi connectivity index (χ4n) is 3.58. The molecule has 1 aromatic rings. The van der Waals surface area contributed by atoms with Crippen LogP contribution >= 0.6 is 0 Å². The molecule has 0 radical (unpaired) electrons. The Morgan fingerprint density at radius 2 is 1.64 bits per heavy atom. The zero-order valence-corrected chi connectivity index (χ0v) is 16.3. The Balaban J connectivity index is 1.48. The SMILES string of the molecule is CCOC(=O)C=C1CCN(C(=O)N2CCN(c3ccc(C#N)cc3)CC2)CC1. The van der Waals surface area contributed by atoms with Gasteiger partial charge in [0.2, 0.25) is 0 Å². The Morgan fingerprint density at radius 3 is 2.21 bits per heavy atom. The quantitative estimate of drug-likeness (QED) is 0.593. The minimum absolute atomic E-state index is 0.0784. The number of benzene rings is 1. The number of piperazine rings is 1. The number of nitriles is 1. The van der Waals surface area contributed by atoms with Crippen LogP contribution in [0.2, 0.25) is 0 Å². The highest BCUT2D eigenvalue weighted by atomic mass is 16.5. The van der Waals surface area contributed by atoms with E-state index in [4.69, 9.17) is 10.00 Å². The number of amides is 2. The monoisotopic (exact) mass is 382 g/mol. The highest BCUT2D eigenvalue weighted by molar-refractivity contribution is 5.83. The lowest BCUT2D eigenvalue weighted by Crippen LogP contribution is -2.53. The smallest absolute Gasteiger partial charge is 0.330 e. The number of likely N-dealkylation sites (tertiary alicyclic amines) is 1. The summed E-state index contributed by atoms with van der Waals surface area (Å²) in [6.07, 6.45) is 3.01. The van der Waals surface area contributed by atoms with Gasteiger partial charge in [-0.2, -0.15) is 5.26 Å². The van der Waals surface area contributed by atoms with Gasteiger partial charge in [-0.3, -0.25) is 0 Å². The van der Waals surface area contributed by atoms with Gasteiger partial charge in [0, 0.05) is 51.0 Å². The number of esters is 1. The van der Waals surface area contributed by atoms with Crippen molar-refractivity contribution in [3.05, 3.63) is 41.5 Å². The number of anilines is 1. The summed E-state index contributed by atoms with van der Waals surface area (Å²) in [6, 6.07) is 9.76. The predicted molar refractivity (Wildman–Crippen MR) is 106 cm³/mol. The van der Waals surface area contributed by atoms with Crippen molar-refractivity contribution in [2.75, 3.05) is 50.8 Å².